The van der Waals surface area contributed by atoms with Gasteiger partial charge >= 0.3 is 0 Å². The smallest absolute Gasteiger partial charge is 0.144 e. The van der Waals surface area contributed by atoms with E-state index in [2.05, 4.69) is 20.9 Å². The maximum atomic E-state index is 5.74. The fraction of sp³-hybridized carbons (Fsp3) is 0.214. The molecule has 1 aromatic carbocycles. The van der Waals surface area contributed by atoms with Gasteiger partial charge in [0.25, 0.3) is 0 Å². The van der Waals surface area contributed by atoms with Crippen LogP contribution in [-0.2, 0) is 0 Å². The molecule has 0 unspecified atom stereocenters. The second kappa shape index (κ2) is 5.48. The molecule has 0 saturated carbocycles. The number of halogens is 1. The van der Waals surface area contributed by atoms with Gasteiger partial charge < -0.3 is 15.2 Å². The molecule has 0 aliphatic carbocycles. The first-order chi connectivity index (χ1) is 9.08. The van der Waals surface area contributed by atoms with Gasteiger partial charge in [-0.1, -0.05) is 0 Å². The lowest BCUT2D eigenvalue weighted by Gasteiger charge is -2.14. The molecule has 0 bridgehead atoms. The van der Waals surface area contributed by atoms with Gasteiger partial charge in [-0.15, -0.1) is 0 Å². The molecule has 2 N–H and O–H groups in total. The van der Waals surface area contributed by atoms with E-state index in [1.807, 2.05) is 25.1 Å². The number of nitrogens with zero attached hydrogens (tertiary/aromatic N) is 1. The van der Waals surface area contributed by atoms with Crippen LogP contribution >= 0.6 is 15.9 Å². The molecule has 4 nitrogen and oxygen atoms in total. The van der Waals surface area contributed by atoms with Crippen LogP contribution in [0, 0.1) is 6.92 Å². The fourth-order valence-electron chi connectivity index (χ4n) is 1.86. The average Bonchev–Trinajstić information content (AvgIpc) is 2.41. The Bertz CT molecular complexity index is 615. The summed E-state index contributed by atoms with van der Waals surface area (Å²) in [5.74, 6) is 1.97. The highest BCUT2D eigenvalue weighted by molar-refractivity contribution is 9.10. The summed E-state index contributed by atoms with van der Waals surface area (Å²) in [7, 11) is 3.24. The number of nitrogen functional groups attached to an aromatic ring is 1. The topological polar surface area (TPSA) is 57.4 Å². The minimum absolute atomic E-state index is 0.537. The Balaban J connectivity index is 2.61. The first-order valence-corrected chi connectivity index (χ1v) is 6.50. The maximum absolute atomic E-state index is 5.74. The van der Waals surface area contributed by atoms with Crippen LogP contribution in [0.15, 0.2) is 28.9 Å². The highest BCUT2D eigenvalue weighted by Gasteiger charge is 2.14. The molecule has 0 radical (unpaired) electrons. The summed E-state index contributed by atoms with van der Waals surface area (Å²) in [6.45, 7) is 1.93. The van der Waals surface area contributed by atoms with E-state index in [-0.39, 0.29) is 0 Å². The van der Waals surface area contributed by atoms with E-state index in [4.69, 9.17) is 15.2 Å². The molecule has 2 aromatic rings. The van der Waals surface area contributed by atoms with Gasteiger partial charge in [-0.05, 0) is 46.6 Å². The van der Waals surface area contributed by atoms with Crippen LogP contribution in [0.5, 0.6) is 11.5 Å². The lowest BCUT2D eigenvalue weighted by Crippen LogP contribution is -1.96. The predicted molar refractivity (Wildman–Crippen MR) is 79.6 cm³/mol. The summed E-state index contributed by atoms with van der Waals surface area (Å²) in [5, 5.41) is 0. The molecule has 0 amide bonds. The minimum atomic E-state index is 0.537. The van der Waals surface area contributed by atoms with Crippen molar-refractivity contribution in [2.24, 2.45) is 0 Å². The molecule has 5 heteroatoms. The van der Waals surface area contributed by atoms with Crippen molar-refractivity contribution in [3.05, 3.63) is 34.4 Å². The predicted octanol–water partition coefficient (Wildman–Crippen LogP) is 3.42. The van der Waals surface area contributed by atoms with Gasteiger partial charge in [0.15, 0.2) is 0 Å². The number of aromatic nitrogens is 1. The lowest BCUT2D eigenvalue weighted by atomic mass is 10.0. The summed E-state index contributed by atoms with van der Waals surface area (Å²) < 4.78 is 11.5. The molecule has 19 heavy (non-hydrogen) atoms. The van der Waals surface area contributed by atoms with E-state index in [9.17, 15) is 0 Å². The van der Waals surface area contributed by atoms with E-state index < -0.39 is 0 Å². The highest BCUT2D eigenvalue weighted by Crippen LogP contribution is 2.42. The third kappa shape index (κ3) is 2.51. The van der Waals surface area contributed by atoms with Crippen molar-refractivity contribution in [3.63, 3.8) is 0 Å². The number of hydrogen-bond donors (Lipinski definition) is 1. The number of aryl methyl sites for hydroxylation is 1. The van der Waals surface area contributed by atoms with Gasteiger partial charge in [0.05, 0.1) is 14.2 Å². The molecular weight excluding hydrogens is 308 g/mol. The molecule has 2 rings (SSSR count). The van der Waals surface area contributed by atoms with Gasteiger partial charge in [-0.25, -0.2) is 4.98 Å². The van der Waals surface area contributed by atoms with Crippen LogP contribution in [0.2, 0.25) is 0 Å². The lowest BCUT2D eigenvalue weighted by molar-refractivity contribution is 0.390. The first kappa shape index (κ1) is 13.7. The molecule has 1 aromatic heterocycles. The fourth-order valence-corrected chi connectivity index (χ4v) is 2.52. The monoisotopic (exact) mass is 322 g/mol. The SMILES string of the molecule is COc1ccc(-c2cnc(N)c(C)c2)c(OC)c1Br. The Hall–Kier alpha value is -1.75. The summed E-state index contributed by atoms with van der Waals surface area (Å²) in [4.78, 5) is 4.18. The van der Waals surface area contributed by atoms with Gasteiger partial charge in [0, 0.05) is 17.3 Å². The molecule has 0 spiro atoms. The number of hydrogen-bond acceptors (Lipinski definition) is 4. The van der Waals surface area contributed by atoms with Crippen LogP contribution in [0.4, 0.5) is 5.82 Å². The van der Waals surface area contributed by atoms with Crippen molar-refractivity contribution < 1.29 is 9.47 Å². The van der Waals surface area contributed by atoms with Crippen molar-refractivity contribution in [2.45, 2.75) is 6.92 Å². The van der Waals surface area contributed by atoms with E-state index >= 15 is 0 Å². The number of pyridine rings is 1. The molecule has 1 heterocycles. The Kier molecular flexibility index (Phi) is 3.95. The Morgan fingerprint density at radius 2 is 1.95 bits per heavy atom. The van der Waals surface area contributed by atoms with Gasteiger partial charge in [0.1, 0.15) is 21.8 Å². The van der Waals surface area contributed by atoms with Crippen molar-refractivity contribution in [1.82, 2.24) is 4.98 Å². The number of rotatable bonds is 3. The van der Waals surface area contributed by atoms with E-state index in [1.54, 1.807) is 20.4 Å². The number of methoxy groups -OCH3 is 2. The second-order valence-electron chi connectivity index (χ2n) is 4.09. The van der Waals surface area contributed by atoms with Gasteiger partial charge in [-0.3, -0.25) is 0 Å². The normalized spacial score (nSPS) is 10.3. The minimum Gasteiger partial charge on any atom is -0.495 e. The van der Waals surface area contributed by atoms with Crippen molar-refractivity contribution in [3.8, 4) is 22.6 Å². The molecule has 0 atom stereocenters. The van der Waals surface area contributed by atoms with E-state index in [1.165, 1.54) is 0 Å². The second-order valence-corrected chi connectivity index (χ2v) is 4.88. The molecule has 0 aliphatic rings. The van der Waals surface area contributed by atoms with Crippen LogP contribution in [0.3, 0.4) is 0 Å². The van der Waals surface area contributed by atoms with Crippen LogP contribution in [0.1, 0.15) is 5.56 Å². The summed E-state index contributed by atoms with van der Waals surface area (Å²) in [5.41, 5.74) is 8.56. The first-order valence-electron chi connectivity index (χ1n) is 5.71. The highest BCUT2D eigenvalue weighted by atomic mass is 79.9. The third-order valence-corrected chi connectivity index (χ3v) is 3.67. The van der Waals surface area contributed by atoms with Crippen molar-refractivity contribution in [2.75, 3.05) is 20.0 Å². The summed E-state index contributed by atoms with van der Waals surface area (Å²) in [6.07, 6.45) is 1.74. The van der Waals surface area contributed by atoms with Gasteiger partial charge in [-0.2, -0.15) is 0 Å². The van der Waals surface area contributed by atoms with Crippen LogP contribution in [0.25, 0.3) is 11.1 Å². The number of nitrogens with two attached hydrogens (primary N) is 1. The maximum Gasteiger partial charge on any atom is 0.144 e. The van der Waals surface area contributed by atoms with Crippen LogP contribution in [-0.4, -0.2) is 19.2 Å². The number of ether oxygens (including phenoxy) is 2. The van der Waals surface area contributed by atoms with Crippen molar-refractivity contribution >= 4 is 21.7 Å². The van der Waals surface area contributed by atoms with Crippen LogP contribution < -0.4 is 15.2 Å². The third-order valence-electron chi connectivity index (χ3n) is 2.92. The standard InChI is InChI=1S/C14H15BrN2O2/c1-8-6-9(7-17-14(8)16)10-4-5-11(18-2)12(15)13(10)19-3/h4-7H,1-3H3,(H2,16,17). The van der Waals surface area contributed by atoms with E-state index in [0.29, 0.717) is 11.6 Å². The number of anilines is 1. The Morgan fingerprint density at radius 1 is 1.21 bits per heavy atom. The largest absolute Gasteiger partial charge is 0.495 e. The number of benzene rings is 1. The van der Waals surface area contributed by atoms with E-state index in [0.717, 1.165) is 26.9 Å². The summed E-state index contributed by atoms with van der Waals surface area (Å²) >= 11 is 3.49. The molecule has 0 fully saturated rings. The zero-order valence-corrected chi connectivity index (χ0v) is 12.6. The zero-order chi connectivity index (χ0) is 14.0. The quantitative estimate of drug-likeness (QED) is 0.940. The molecular formula is C14H15BrN2O2. The van der Waals surface area contributed by atoms with Crippen molar-refractivity contribution in [1.29, 1.82) is 0 Å². The Morgan fingerprint density at radius 3 is 2.53 bits per heavy atom. The van der Waals surface area contributed by atoms with Gasteiger partial charge in [0.2, 0.25) is 0 Å². The molecule has 0 aliphatic heterocycles. The zero-order valence-electron chi connectivity index (χ0n) is 11.0. The molecule has 100 valence electrons. The average molecular weight is 323 g/mol. The summed E-state index contributed by atoms with van der Waals surface area (Å²) in [6, 6.07) is 5.81. The Labute approximate surface area is 120 Å². The molecule has 0 saturated heterocycles.